The molecule has 3 aliphatic rings. The molecule has 2 aromatic heterocycles. The van der Waals surface area contributed by atoms with Crippen molar-refractivity contribution in [2.45, 2.75) is 56.7 Å². The maximum absolute atomic E-state index is 7.01. The van der Waals surface area contributed by atoms with E-state index in [2.05, 4.69) is 101 Å². The van der Waals surface area contributed by atoms with Crippen LogP contribution >= 0.6 is 34.3 Å². The van der Waals surface area contributed by atoms with E-state index >= 15 is 0 Å². The van der Waals surface area contributed by atoms with Gasteiger partial charge >= 0.3 is 0 Å². The van der Waals surface area contributed by atoms with Gasteiger partial charge in [0, 0.05) is 46.8 Å². The van der Waals surface area contributed by atoms with Gasteiger partial charge in [0.25, 0.3) is 0 Å². The van der Waals surface area contributed by atoms with Crippen LogP contribution in [0.1, 0.15) is 83.5 Å². The summed E-state index contributed by atoms with van der Waals surface area (Å²) in [6, 6.07) is 20.8. The van der Waals surface area contributed by atoms with Gasteiger partial charge in [0.2, 0.25) is 0 Å². The fourth-order valence-electron chi connectivity index (χ4n) is 7.19. The summed E-state index contributed by atoms with van der Waals surface area (Å²) in [6.07, 6.45) is 8.17. The van der Waals surface area contributed by atoms with Crippen molar-refractivity contribution in [2.24, 2.45) is 0 Å². The molecule has 0 saturated carbocycles. The lowest BCUT2D eigenvalue weighted by Gasteiger charge is -2.25. The van der Waals surface area contributed by atoms with Gasteiger partial charge in [-0.3, -0.25) is 0 Å². The zero-order valence-corrected chi connectivity index (χ0v) is 24.5. The first-order chi connectivity index (χ1) is 18.3. The van der Waals surface area contributed by atoms with Gasteiger partial charge < -0.3 is 0 Å². The molecule has 0 spiro atoms. The van der Waals surface area contributed by atoms with Crippen LogP contribution in [0.2, 0.25) is 0 Å². The van der Waals surface area contributed by atoms with E-state index in [-0.39, 0.29) is 10.8 Å². The molecule has 2 heterocycles. The Bertz CT molecular complexity index is 1880. The molecule has 3 heteroatoms. The molecule has 0 amide bonds. The highest BCUT2D eigenvalue weighted by Crippen LogP contribution is 2.55. The monoisotopic (exact) mass is 548 g/mol. The molecular weight excluding hydrogens is 520 g/mol. The molecule has 0 aliphatic heterocycles. The van der Waals surface area contributed by atoms with Crippen LogP contribution in [0.4, 0.5) is 0 Å². The highest BCUT2D eigenvalue weighted by Gasteiger charge is 2.38. The number of thiophene rings is 2. The number of halogens is 1. The molecule has 0 N–H and O–H groups in total. The van der Waals surface area contributed by atoms with Gasteiger partial charge in [-0.1, -0.05) is 82.3 Å². The molecule has 0 nitrogen and oxygen atoms in total. The summed E-state index contributed by atoms with van der Waals surface area (Å²) < 4.78 is 2.74. The maximum atomic E-state index is 7.01. The Balaban J connectivity index is 1.39. The van der Waals surface area contributed by atoms with Crippen molar-refractivity contribution in [1.82, 2.24) is 0 Å². The van der Waals surface area contributed by atoms with Gasteiger partial charge in [-0.05, 0) is 69.5 Å². The molecule has 0 saturated heterocycles. The third kappa shape index (κ3) is 2.97. The largest absolute Gasteiger partial charge is 0.143 e. The maximum Gasteiger partial charge on any atom is 0.0599 e. The van der Waals surface area contributed by atoms with Gasteiger partial charge in [-0.25, -0.2) is 0 Å². The minimum Gasteiger partial charge on any atom is -0.143 e. The lowest BCUT2D eigenvalue weighted by Crippen LogP contribution is -2.15. The van der Waals surface area contributed by atoms with Crippen molar-refractivity contribution in [3.8, 4) is 11.1 Å². The molecule has 8 rings (SSSR count). The Labute approximate surface area is 237 Å². The third-order valence-electron chi connectivity index (χ3n) is 9.17. The number of allylic oxidation sites excluding steroid dienone is 2. The molecule has 3 atom stereocenters. The fourth-order valence-corrected chi connectivity index (χ4v) is 10.1. The van der Waals surface area contributed by atoms with E-state index in [4.69, 9.17) is 11.6 Å². The molecule has 3 aromatic carbocycles. The van der Waals surface area contributed by atoms with E-state index < -0.39 is 0 Å². The standard InChI is InChI=1S/C35H29ClS2/c1-18-8-7-10-23-30-24(17-27(36)19(2)34(30)38-33(18)23)20-12-14-28-25(16-20)31-29(37-28)15-13-22-21-9-5-6-11-26(21)35(3,4)32(22)31/h5-7,9-19,27H,8H2,1-4H3. The van der Waals surface area contributed by atoms with Crippen LogP contribution in [0.15, 0.2) is 66.7 Å². The molecule has 188 valence electrons. The first-order valence-electron chi connectivity index (χ1n) is 13.6. The topological polar surface area (TPSA) is 0 Å². The second-order valence-electron chi connectivity index (χ2n) is 11.8. The summed E-state index contributed by atoms with van der Waals surface area (Å²) in [6.45, 7) is 9.44. The average Bonchev–Trinajstić information content (AvgIpc) is 3.55. The van der Waals surface area contributed by atoms with Crippen molar-refractivity contribution in [3.05, 3.63) is 104 Å². The molecule has 38 heavy (non-hydrogen) atoms. The van der Waals surface area contributed by atoms with E-state index in [1.807, 2.05) is 22.7 Å². The summed E-state index contributed by atoms with van der Waals surface area (Å²) in [5.74, 6) is 0.905. The average molecular weight is 549 g/mol. The number of hydrogen-bond acceptors (Lipinski definition) is 2. The van der Waals surface area contributed by atoms with Gasteiger partial charge in [-0.2, -0.15) is 0 Å². The quantitative estimate of drug-likeness (QED) is 0.183. The highest BCUT2D eigenvalue weighted by molar-refractivity contribution is 7.25. The van der Waals surface area contributed by atoms with E-state index in [0.717, 1.165) is 6.42 Å². The van der Waals surface area contributed by atoms with Crippen molar-refractivity contribution < 1.29 is 0 Å². The number of hydrogen-bond donors (Lipinski definition) is 0. The molecule has 0 radical (unpaired) electrons. The molecule has 0 fully saturated rings. The minimum atomic E-state index is -0.0310. The van der Waals surface area contributed by atoms with Gasteiger partial charge in [0.1, 0.15) is 0 Å². The van der Waals surface area contributed by atoms with Crippen molar-refractivity contribution in [2.75, 3.05) is 0 Å². The van der Waals surface area contributed by atoms with Gasteiger partial charge in [0.05, 0.1) is 5.38 Å². The first-order valence-corrected chi connectivity index (χ1v) is 15.7. The van der Waals surface area contributed by atoms with E-state index in [1.165, 1.54) is 74.4 Å². The predicted molar refractivity (Wildman–Crippen MR) is 168 cm³/mol. The summed E-state index contributed by atoms with van der Waals surface area (Å²) in [5, 5.41) is 2.81. The molecule has 0 bridgehead atoms. The zero-order chi connectivity index (χ0) is 25.9. The lowest BCUT2D eigenvalue weighted by atomic mass is 9.80. The van der Waals surface area contributed by atoms with Gasteiger partial charge in [0.15, 0.2) is 0 Å². The highest BCUT2D eigenvalue weighted by atomic mass is 35.5. The Hall–Kier alpha value is -2.65. The third-order valence-corrected chi connectivity index (χ3v) is 12.4. The Morgan fingerprint density at radius 2 is 1.71 bits per heavy atom. The van der Waals surface area contributed by atoms with Crippen LogP contribution in [-0.4, -0.2) is 5.38 Å². The Kier molecular flexibility index (Phi) is 4.86. The second kappa shape index (κ2) is 7.94. The number of rotatable bonds is 1. The summed E-state index contributed by atoms with van der Waals surface area (Å²) in [7, 11) is 0. The van der Waals surface area contributed by atoms with Crippen LogP contribution in [0.25, 0.3) is 42.9 Å². The van der Waals surface area contributed by atoms with Crippen LogP contribution in [0, 0.1) is 0 Å². The van der Waals surface area contributed by atoms with Crippen molar-refractivity contribution >= 4 is 66.1 Å². The predicted octanol–water partition coefficient (Wildman–Crippen LogP) is 11.1. The fraction of sp³-hybridized carbons (Fsp3) is 0.257. The van der Waals surface area contributed by atoms with E-state index in [9.17, 15) is 0 Å². The molecule has 3 unspecified atom stereocenters. The van der Waals surface area contributed by atoms with Crippen LogP contribution in [0.5, 0.6) is 0 Å². The van der Waals surface area contributed by atoms with E-state index in [1.54, 1.807) is 0 Å². The summed E-state index contributed by atoms with van der Waals surface area (Å²) in [4.78, 5) is 2.99. The molecule has 5 aromatic rings. The minimum absolute atomic E-state index is 0.00415. The van der Waals surface area contributed by atoms with Crippen molar-refractivity contribution in [1.29, 1.82) is 0 Å². The second-order valence-corrected chi connectivity index (χ2v) is 14.5. The number of alkyl halides is 1. The zero-order valence-electron chi connectivity index (χ0n) is 22.1. The van der Waals surface area contributed by atoms with Crippen LogP contribution in [-0.2, 0) is 5.41 Å². The first kappa shape index (κ1) is 23.3. The van der Waals surface area contributed by atoms with Crippen molar-refractivity contribution in [3.63, 3.8) is 0 Å². The Morgan fingerprint density at radius 3 is 2.58 bits per heavy atom. The smallest absolute Gasteiger partial charge is 0.0599 e. The lowest BCUT2D eigenvalue weighted by molar-refractivity contribution is 0.667. The summed E-state index contributed by atoms with van der Waals surface area (Å²) >= 11 is 10.9. The van der Waals surface area contributed by atoms with Gasteiger partial charge in [-0.15, -0.1) is 34.3 Å². The SMILES string of the molecule is CC1CC=Cc2c1sc1c2C(c2ccc3sc4ccc5c(c4c3c2)C(C)(C)c2ccccc2-5)=CC(Cl)C1C. The van der Waals surface area contributed by atoms with E-state index in [0.29, 0.717) is 11.8 Å². The molecule has 3 aliphatic carbocycles. The number of benzene rings is 3. The number of fused-ring (bicyclic) bond motifs is 10. The van der Waals surface area contributed by atoms with Crippen LogP contribution < -0.4 is 0 Å². The normalized spacial score (nSPS) is 22.8. The summed E-state index contributed by atoms with van der Waals surface area (Å²) in [5.41, 5.74) is 11.1. The Morgan fingerprint density at radius 1 is 0.895 bits per heavy atom. The molecular formula is C35H29ClS2. The van der Waals surface area contributed by atoms with Crippen LogP contribution in [0.3, 0.4) is 0 Å².